The Morgan fingerprint density at radius 2 is 1.04 bits per heavy atom. The van der Waals surface area contributed by atoms with Gasteiger partial charge in [0.15, 0.2) is 5.82 Å². The van der Waals surface area contributed by atoms with Gasteiger partial charge in [0, 0.05) is 43.9 Å². The maximum Gasteiger partial charge on any atom is 0.160 e. The fourth-order valence-electron chi connectivity index (χ4n) is 7.29. The monoisotopic (exact) mass is 639 g/mol. The zero-order valence-corrected chi connectivity index (χ0v) is 27.0. The highest BCUT2D eigenvalue weighted by atomic mass is 16.3. The number of benzene rings is 7. The van der Waals surface area contributed by atoms with Crippen LogP contribution in [-0.2, 0) is 0 Å². The lowest BCUT2D eigenvalue weighted by atomic mass is 9.98. The average molecular weight is 640 g/mol. The van der Waals surface area contributed by atoms with Crippen molar-refractivity contribution in [2.75, 3.05) is 0 Å². The number of aromatic nitrogens is 3. The Hall–Kier alpha value is -6.78. The van der Waals surface area contributed by atoms with Crippen molar-refractivity contribution in [1.29, 1.82) is 0 Å². The molecular formula is C46H29N3O. The van der Waals surface area contributed by atoms with Crippen LogP contribution in [0.25, 0.3) is 94.5 Å². The first kappa shape index (κ1) is 28.3. The summed E-state index contributed by atoms with van der Waals surface area (Å²) < 4.78 is 8.82. The summed E-state index contributed by atoms with van der Waals surface area (Å²) in [5.74, 6) is 0.690. The Labute approximate surface area is 288 Å². The molecule has 0 radical (unpaired) electrons. The molecule has 0 spiro atoms. The Kier molecular flexibility index (Phi) is 6.46. The molecule has 10 aromatic rings. The predicted octanol–water partition coefficient (Wildman–Crippen LogP) is 12.1. The minimum atomic E-state index is 0.690. The quantitative estimate of drug-likeness (QED) is 0.188. The molecule has 0 aliphatic carbocycles. The SMILES string of the molecule is c1ccc(-c2cc(-c3cccc4oc5ccc(-c6ccc7c(c6)c6ccccc6n7-c6ccccc6)cc5c34)nc(-c3ccccc3)n2)cc1. The third-order valence-electron chi connectivity index (χ3n) is 9.62. The molecule has 0 unspecified atom stereocenters. The van der Waals surface area contributed by atoms with E-state index in [0.717, 1.165) is 66.8 Å². The van der Waals surface area contributed by atoms with Gasteiger partial charge in [0.2, 0.25) is 0 Å². The third-order valence-corrected chi connectivity index (χ3v) is 9.62. The first-order valence-corrected chi connectivity index (χ1v) is 16.8. The number of hydrogen-bond donors (Lipinski definition) is 0. The smallest absolute Gasteiger partial charge is 0.160 e. The highest BCUT2D eigenvalue weighted by Gasteiger charge is 2.18. The number of rotatable bonds is 5. The normalized spacial score (nSPS) is 11.6. The van der Waals surface area contributed by atoms with Crippen LogP contribution in [-0.4, -0.2) is 14.5 Å². The Morgan fingerprint density at radius 1 is 0.400 bits per heavy atom. The third kappa shape index (κ3) is 4.61. The van der Waals surface area contributed by atoms with Gasteiger partial charge in [0.05, 0.1) is 22.4 Å². The van der Waals surface area contributed by atoms with Crippen molar-refractivity contribution in [2.24, 2.45) is 0 Å². The van der Waals surface area contributed by atoms with Crippen molar-refractivity contribution in [1.82, 2.24) is 14.5 Å². The van der Waals surface area contributed by atoms with Gasteiger partial charge in [-0.25, -0.2) is 9.97 Å². The summed E-state index contributed by atoms with van der Waals surface area (Å²) in [6.45, 7) is 0. The summed E-state index contributed by atoms with van der Waals surface area (Å²) in [5.41, 5.74) is 12.3. The molecule has 0 fully saturated rings. The number of nitrogens with zero attached hydrogens (tertiary/aromatic N) is 3. The maximum absolute atomic E-state index is 6.47. The lowest BCUT2D eigenvalue weighted by Gasteiger charge is -2.10. The van der Waals surface area contributed by atoms with Crippen molar-refractivity contribution in [2.45, 2.75) is 0 Å². The summed E-state index contributed by atoms with van der Waals surface area (Å²) in [4.78, 5) is 10.2. The average Bonchev–Trinajstić information content (AvgIpc) is 3.74. The van der Waals surface area contributed by atoms with Crippen LogP contribution in [0, 0.1) is 0 Å². The van der Waals surface area contributed by atoms with E-state index in [9.17, 15) is 0 Å². The van der Waals surface area contributed by atoms with E-state index < -0.39 is 0 Å². The van der Waals surface area contributed by atoms with Crippen LogP contribution < -0.4 is 0 Å². The second-order valence-corrected chi connectivity index (χ2v) is 12.6. The van der Waals surface area contributed by atoms with E-state index in [2.05, 4.69) is 132 Å². The van der Waals surface area contributed by atoms with Crippen molar-refractivity contribution in [3.63, 3.8) is 0 Å². The van der Waals surface area contributed by atoms with E-state index >= 15 is 0 Å². The zero-order valence-electron chi connectivity index (χ0n) is 27.0. The summed E-state index contributed by atoms with van der Waals surface area (Å²) in [5, 5.41) is 4.56. The van der Waals surface area contributed by atoms with Crippen LogP contribution in [0.1, 0.15) is 0 Å². The number of fused-ring (bicyclic) bond motifs is 6. The summed E-state index contributed by atoms with van der Waals surface area (Å²) in [6, 6.07) is 61.3. The molecule has 10 rings (SSSR count). The lowest BCUT2D eigenvalue weighted by molar-refractivity contribution is 0.669. The molecule has 0 aliphatic rings. The topological polar surface area (TPSA) is 43.9 Å². The standard InChI is InChI=1S/C46H29N3O/c1-4-13-30(14-5-1)39-29-40(48-46(47-39)31-15-6-2-7-16-31)36-20-12-22-44-45(36)38-28-33(24-26-43(38)50-44)32-23-25-42-37(27-32)35-19-10-11-21-41(35)49(42)34-17-8-3-9-18-34/h1-29H. The zero-order chi connectivity index (χ0) is 33.0. The Bertz CT molecular complexity index is 2800. The minimum Gasteiger partial charge on any atom is -0.456 e. The van der Waals surface area contributed by atoms with E-state index in [1.807, 2.05) is 48.5 Å². The lowest BCUT2D eigenvalue weighted by Crippen LogP contribution is -1.96. The molecule has 50 heavy (non-hydrogen) atoms. The number of hydrogen-bond acceptors (Lipinski definition) is 3. The first-order chi connectivity index (χ1) is 24.8. The molecule has 0 saturated heterocycles. The van der Waals surface area contributed by atoms with Crippen molar-refractivity contribution in [3.8, 4) is 50.7 Å². The molecule has 0 amide bonds. The van der Waals surface area contributed by atoms with Crippen LogP contribution >= 0.6 is 0 Å². The van der Waals surface area contributed by atoms with E-state index in [4.69, 9.17) is 14.4 Å². The molecule has 234 valence electrons. The number of para-hydroxylation sites is 2. The van der Waals surface area contributed by atoms with Crippen LogP contribution in [0.4, 0.5) is 0 Å². The van der Waals surface area contributed by atoms with Crippen LogP contribution in [0.5, 0.6) is 0 Å². The molecule has 0 atom stereocenters. The van der Waals surface area contributed by atoms with Crippen LogP contribution in [0.15, 0.2) is 180 Å². The summed E-state index contributed by atoms with van der Waals surface area (Å²) in [6.07, 6.45) is 0. The van der Waals surface area contributed by atoms with Gasteiger partial charge >= 0.3 is 0 Å². The van der Waals surface area contributed by atoms with Gasteiger partial charge in [-0.2, -0.15) is 0 Å². The summed E-state index contributed by atoms with van der Waals surface area (Å²) >= 11 is 0. The first-order valence-electron chi connectivity index (χ1n) is 16.8. The molecule has 4 heteroatoms. The predicted molar refractivity (Wildman–Crippen MR) is 205 cm³/mol. The highest BCUT2D eigenvalue weighted by molar-refractivity contribution is 6.14. The van der Waals surface area contributed by atoms with Gasteiger partial charge in [-0.1, -0.05) is 121 Å². The number of furan rings is 1. The molecule has 0 aliphatic heterocycles. The second-order valence-electron chi connectivity index (χ2n) is 12.6. The fourth-order valence-corrected chi connectivity index (χ4v) is 7.29. The summed E-state index contributed by atoms with van der Waals surface area (Å²) in [7, 11) is 0. The van der Waals surface area contributed by atoms with Crippen LogP contribution in [0.3, 0.4) is 0 Å². The van der Waals surface area contributed by atoms with Gasteiger partial charge < -0.3 is 8.98 Å². The molecule has 3 aromatic heterocycles. The highest BCUT2D eigenvalue weighted by Crippen LogP contribution is 2.40. The van der Waals surface area contributed by atoms with E-state index in [0.29, 0.717) is 5.82 Å². The van der Waals surface area contributed by atoms with Gasteiger partial charge in [0.1, 0.15) is 11.2 Å². The Balaban J connectivity index is 1.16. The molecule has 0 N–H and O–H groups in total. The van der Waals surface area contributed by atoms with E-state index in [1.165, 1.54) is 21.8 Å². The van der Waals surface area contributed by atoms with Crippen molar-refractivity contribution < 1.29 is 4.42 Å². The molecule has 7 aromatic carbocycles. The second kappa shape index (κ2) is 11.4. The van der Waals surface area contributed by atoms with E-state index in [1.54, 1.807) is 0 Å². The molecule has 0 saturated carbocycles. The van der Waals surface area contributed by atoms with Gasteiger partial charge in [-0.15, -0.1) is 0 Å². The molecular weight excluding hydrogens is 611 g/mol. The Morgan fingerprint density at radius 3 is 1.84 bits per heavy atom. The minimum absolute atomic E-state index is 0.690. The maximum atomic E-state index is 6.47. The molecule has 3 heterocycles. The van der Waals surface area contributed by atoms with Gasteiger partial charge in [0.25, 0.3) is 0 Å². The van der Waals surface area contributed by atoms with Crippen molar-refractivity contribution in [3.05, 3.63) is 176 Å². The molecule has 0 bridgehead atoms. The van der Waals surface area contributed by atoms with Crippen LogP contribution in [0.2, 0.25) is 0 Å². The van der Waals surface area contributed by atoms with Gasteiger partial charge in [-0.3, -0.25) is 0 Å². The van der Waals surface area contributed by atoms with Gasteiger partial charge in [-0.05, 0) is 65.7 Å². The van der Waals surface area contributed by atoms with E-state index in [-0.39, 0.29) is 0 Å². The fraction of sp³-hybridized carbons (Fsp3) is 0. The molecule has 4 nitrogen and oxygen atoms in total. The van der Waals surface area contributed by atoms with Crippen molar-refractivity contribution >= 4 is 43.7 Å². The largest absolute Gasteiger partial charge is 0.456 e.